The molecule has 0 saturated heterocycles. The number of hydrogen-bond acceptors (Lipinski definition) is 14. The van der Waals surface area contributed by atoms with E-state index in [-0.39, 0.29) is 31.8 Å². The minimum Gasteiger partial charge on any atom is -0.497 e. The summed E-state index contributed by atoms with van der Waals surface area (Å²) in [6.07, 6.45) is 0. The first-order valence-corrected chi connectivity index (χ1v) is 39.6. The van der Waals surface area contributed by atoms with E-state index in [1.54, 1.807) is 120 Å². The first-order valence-electron chi connectivity index (χ1n) is 35.2. The molecule has 12 rings (SSSR count). The van der Waals surface area contributed by atoms with E-state index >= 15 is 0 Å². The van der Waals surface area contributed by atoms with Crippen LogP contribution in [0.1, 0.15) is 123 Å². The normalized spacial score (nSPS) is 11.7. The summed E-state index contributed by atoms with van der Waals surface area (Å²) in [5, 5.41) is 19.3. The molecule has 12 aromatic rings. The molecule has 0 saturated carbocycles. The van der Waals surface area contributed by atoms with Gasteiger partial charge < -0.3 is 38.6 Å². The van der Waals surface area contributed by atoms with E-state index in [0.717, 1.165) is 68.3 Å². The van der Waals surface area contributed by atoms with Gasteiger partial charge in [-0.2, -0.15) is 0 Å². The fourth-order valence-corrected chi connectivity index (χ4v) is 17.2. The van der Waals surface area contributed by atoms with E-state index in [4.69, 9.17) is 28.4 Å². The number of aryl methyl sites for hydroxylation is 5. The fraction of sp³-hybridized carbons (Fsp3) is 0.187. The lowest BCUT2D eigenvalue weighted by molar-refractivity contribution is 0.0683. The van der Waals surface area contributed by atoms with Crippen molar-refractivity contribution < 1.29 is 73.5 Å². The highest BCUT2D eigenvalue weighted by atomic mass is 32.2. The average Bonchev–Trinajstić information content (AvgIpc) is 0.780. The van der Waals surface area contributed by atoms with Crippen LogP contribution >= 0.6 is 0 Å². The highest BCUT2D eigenvalue weighted by Crippen LogP contribution is 2.40. The minimum atomic E-state index is -4.47. The summed E-state index contributed by atoms with van der Waals surface area (Å²) < 4.78 is 113. The Labute approximate surface area is 644 Å². The van der Waals surface area contributed by atoms with Crippen molar-refractivity contribution in [3.05, 3.63) is 339 Å². The van der Waals surface area contributed by atoms with E-state index in [1.807, 2.05) is 118 Å². The summed E-state index contributed by atoms with van der Waals surface area (Å²) in [5.41, 5.74) is 9.12. The third-order valence-electron chi connectivity index (χ3n) is 19.5. The van der Waals surface area contributed by atoms with Crippen LogP contribution in [0.4, 0.5) is 0 Å². The van der Waals surface area contributed by atoms with Crippen LogP contribution in [0.3, 0.4) is 0 Å². The molecule has 0 aliphatic rings. The van der Waals surface area contributed by atoms with Gasteiger partial charge in [-0.05, 0) is 243 Å². The molecule has 0 radical (unpaired) electrons. The van der Waals surface area contributed by atoms with Crippen LogP contribution in [0.25, 0.3) is 0 Å². The van der Waals surface area contributed by atoms with Gasteiger partial charge in [-0.3, -0.25) is 0 Å². The number of sulfone groups is 3. The molecule has 0 heterocycles. The Bertz CT molecular complexity index is 5640. The third kappa shape index (κ3) is 18.3. The van der Waals surface area contributed by atoms with Gasteiger partial charge in [-0.25, -0.2) is 34.8 Å². The summed E-state index contributed by atoms with van der Waals surface area (Å²) in [6, 6.07) is 78.5. The van der Waals surface area contributed by atoms with Crippen LogP contribution in [-0.4, -0.2) is 68.7 Å². The minimum absolute atomic E-state index is 0.112. The SMILES string of the molecule is COc1ccc(C(C)(C)c2ccc(Oc3ccc(S(=O)(=O)c4ccc(C)cc4)cc3)cc2)cc1.COc1ccc(C(C)(C)c2ccc(Oc3ccc(S(=O)(=O)c4ccc(C)cc4C(=O)O)c(C(=O)O)c3)cc2)cc1.COc1ccc(C(C)(C)c2ccc(Oc3ccc(S(=O)(=O)c4ccc(C)cc4C)c(C)c3)cc2)cc1. The second-order valence-electron chi connectivity index (χ2n) is 28.2. The topological polar surface area (TPSA) is 232 Å². The summed E-state index contributed by atoms with van der Waals surface area (Å²) in [5.74, 6) is 2.58. The van der Waals surface area contributed by atoms with Crippen molar-refractivity contribution in [3.8, 4) is 51.7 Å². The Morgan fingerprint density at radius 3 is 0.827 bits per heavy atom. The van der Waals surface area contributed by atoms with E-state index < -0.39 is 62.4 Å². The highest BCUT2D eigenvalue weighted by molar-refractivity contribution is 7.92. The summed E-state index contributed by atoms with van der Waals surface area (Å²) in [6.45, 7) is 22.0. The predicted molar refractivity (Wildman–Crippen MR) is 428 cm³/mol. The Kier molecular flexibility index (Phi) is 24.5. The van der Waals surface area contributed by atoms with E-state index in [0.29, 0.717) is 49.7 Å². The molecular formula is C91H88O16S3. The molecule has 0 aliphatic carbocycles. The van der Waals surface area contributed by atoms with Crippen LogP contribution in [-0.2, 0) is 45.8 Å². The smallest absolute Gasteiger partial charge is 0.337 e. The zero-order valence-corrected chi connectivity index (χ0v) is 66.2. The number of carboxylic acid groups (broad SMARTS) is 2. The zero-order valence-electron chi connectivity index (χ0n) is 63.7. The van der Waals surface area contributed by atoms with E-state index in [2.05, 4.69) is 90.1 Å². The average molecular weight is 1530 g/mol. The van der Waals surface area contributed by atoms with Gasteiger partial charge in [0.1, 0.15) is 51.7 Å². The Balaban J connectivity index is 0.000000176. The van der Waals surface area contributed by atoms with Gasteiger partial charge >= 0.3 is 11.9 Å². The van der Waals surface area contributed by atoms with Crippen molar-refractivity contribution in [1.82, 2.24) is 0 Å². The Morgan fingerprint density at radius 1 is 0.264 bits per heavy atom. The van der Waals surface area contributed by atoms with Crippen LogP contribution in [0.2, 0.25) is 0 Å². The van der Waals surface area contributed by atoms with Gasteiger partial charge in [-0.1, -0.05) is 161 Å². The number of rotatable bonds is 23. The summed E-state index contributed by atoms with van der Waals surface area (Å²) in [4.78, 5) is 23.9. The molecule has 110 heavy (non-hydrogen) atoms. The molecular weight excluding hydrogens is 1450 g/mol. The van der Waals surface area contributed by atoms with Gasteiger partial charge in [0, 0.05) is 16.2 Å². The fourth-order valence-electron chi connectivity index (χ4n) is 12.6. The van der Waals surface area contributed by atoms with Crippen LogP contribution in [0, 0.1) is 34.6 Å². The molecule has 0 aromatic heterocycles. The number of carbonyl (C=O) groups is 2. The molecule has 566 valence electrons. The molecule has 0 atom stereocenters. The maximum Gasteiger partial charge on any atom is 0.337 e. The number of hydrogen-bond donors (Lipinski definition) is 2. The molecule has 0 spiro atoms. The summed E-state index contributed by atoms with van der Waals surface area (Å²) in [7, 11) is -6.72. The first-order chi connectivity index (χ1) is 52.1. The number of aromatic carboxylic acids is 2. The number of benzene rings is 12. The van der Waals surface area contributed by atoms with Crippen molar-refractivity contribution in [3.63, 3.8) is 0 Å². The van der Waals surface area contributed by atoms with E-state index in [1.165, 1.54) is 35.4 Å². The molecule has 0 unspecified atom stereocenters. The van der Waals surface area contributed by atoms with Crippen LogP contribution in [0.5, 0.6) is 51.7 Å². The van der Waals surface area contributed by atoms with Crippen molar-refractivity contribution >= 4 is 41.5 Å². The monoisotopic (exact) mass is 1530 g/mol. The standard InChI is InChI=1S/C31H28O8S.C31H32O4S.C29H28O4S/c1-19-5-15-27(25(17-19)29(32)33)40(36,37)28-16-14-24(18-26(28)30(34)35)39-23-12-8-21(9-13-23)31(2,3)20-6-10-22(38-4)11-7-20;1-21-7-17-29(22(2)19-21)36(32,33)30-18-16-28(20-23(30)3)35-27-14-10-25(11-15-27)31(4,5)24-8-12-26(34-6)13-9-24;1-21-5-17-27(18-6-21)34(30,31)28-19-15-26(16-20-28)33-25-13-9-23(10-14-25)29(2,3)22-7-11-24(32-4)12-8-22/h5-18H,1-4H3,(H,32,33)(H,34,35);7-20H,1-6H3;5-20H,1-4H3. The zero-order chi connectivity index (χ0) is 79.7. The quantitative estimate of drug-likeness (QED) is 0.0606. The molecule has 0 fully saturated rings. The van der Waals surface area contributed by atoms with Crippen molar-refractivity contribution in [1.29, 1.82) is 0 Å². The lowest BCUT2D eigenvalue weighted by Crippen LogP contribution is -2.18. The maximum absolute atomic E-state index is 13.4. The van der Waals surface area contributed by atoms with E-state index in [9.17, 15) is 45.1 Å². The molecule has 16 nitrogen and oxygen atoms in total. The van der Waals surface area contributed by atoms with Crippen LogP contribution in [0.15, 0.2) is 296 Å². The predicted octanol–water partition coefficient (Wildman–Crippen LogP) is 20.9. The molecule has 12 aromatic carbocycles. The van der Waals surface area contributed by atoms with Crippen molar-refractivity contribution in [2.75, 3.05) is 21.3 Å². The van der Waals surface area contributed by atoms with Gasteiger partial charge in [0.2, 0.25) is 29.5 Å². The highest BCUT2D eigenvalue weighted by Gasteiger charge is 2.32. The number of methoxy groups -OCH3 is 3. The molecule has 0 amide bonds. The van der Waals surface area contributed by atoms with Gasteiger partial charge in [-0.15, -0.1) is 0 Å². The second kappa shape index (κ2) is 33.4. The number of carboxylic acids is 2. The third-order valence-corrected chi connectivity index (χ3v) is 25.2. The Hall–Kier alpha value is -11.8. The van der Waals surface area contributed by atoms with Gasteiger partial charge in [0.25, 0.3) is 0 Å². The van der Waals surface area contributed by atoms with Crippen molar-refractivity contribution in [2.45, 2.75) is 122 Å². The second-order valence-corrected chi connectivity index (χ2v) is 33.9. The summed E-state index contributed by atoms with van der Waals surface area (Å²) >= 11 is 0. The van der Waals surface area contributed by atoms with Crippen LogP contribution < -0.4 is 28.4 Å². The van der Waals surface area contributed by atoms with Crippen molar-refractivity contribution in [2.24, 2.45) is 0 Å². The molecule has 0 aliphatic heterocycles. The maximum atomic E-state index is 13.4. The molecule has 19 heteroatoms. The molecule has 0 bridgehead atoms. The Morgan fingerprint density at radius 2 is 0.500 bits per heavy atom. The van der Waals surface area contributed by atoms with Gasteiger partial charge in [0.15, 0.2) is 0 Å². The lowest BCUT2D eigenvalue weighted by Gasteiger charge is -2.26. The number of ether oxygens (including phenoxy) is 6. The molecule has 2 N–H and O–H groups in total. The lowest BCUT2D eigenvalue weighted by atomic mass is 9.78. The largest absolute Gasteiger partial charge is 0.497 e. The first kappa shape index (κ1) is 80.8. The van der Waals surface area contributed by atoms with Gasteiger partial charge in [0.05, 0.1) is 61.8 Å².